The largest absolute Gasteiger partial charge is 0.504 e. The van der Waals surface area contributed by atoms with Gasteiger partial charge in [-0.1, -0.05) is 0 Å². The number of azo groups is 1. The van der Waals surface area contributed by atoms with Crippen molar-refractivity contribution in [2.45, 2.75) is 6.42 Å². The Morgan fingerprint density at radius 2 is 2.07 bits per heavy atom. The Bertz CT molecular complexity index is 575. The fraction of sp³-hybridized carbons (Fsp3) is 0.222. The Labute approximate surface area is 78.8 Å². The van der Waals surface area contributed by atoms with Crippen LogP contribution in [0.2, 0.25) is 0 Å². The Morgan fingerprint density at radius 1 is 1.21 bits per heavy atom. The van der Waals surface area contributed by atoms with E-state index in [2.05, 4.69) is 15.2 Å². The van der Waals surface area contributed by atoms with Crippen LogP contribution in [0.5, 0.6) is 11.5 Å². The Morgan fingerprint density at radius 3 is 2.93 bits per heavy atom. The standard InChI is InChI=1S/C9H7N3O2/c13-6-3-5-7-4(1-2-10-5)11-12-8(7)9(6)14/h3,13-14H,1-2H2. The minimum absolute atomic E-state index is 0.190. The van der Waals surface area contributed by atoms with Crippen molar-refractivity contribution < 1.29 is 10.2 Å². The van der Waals surface area contributed by atoms with Crippen LogP contribution in [-0.4, -0.2) is 16.8 Å². The molecule has 1 aromatic rings. The molecule has 0 saturated carbocycles. The minimum atomic E-state index is -0.209. The minimum Gasteiger partial charge on any atom is -0.504 e. The summed E-state index contributed by atoms with van der Waals surface area (Å²) in [4.78, 5) is 4.23. The summed E-state index contributed by atoms with van der Waals surface area (Å²) < 4.78 is 0. The highest BCUT2D eigenvalue weighted by atomic mass is 16.3. The van der Waals surface area contributed by atoms with Gasteiger partial charge in [-0.15, -0.1) is 5.11 Å². The highest BCUT2D eigenvalue weighted by molar-refractivity contribution is 5.67. The summed E-state index contributed by atoms with van der Waals surface area (Å²) in [6.07, 6.45) is 0.744. The highest BCUT2D eigenvalue weighted by Gasteiger charge is 2.19. The summed E-state index contributed by atoms with van der Waals surface area (Å²) in [6, 6.07) is 1.45. The molecule has 2 N–H and O–H groups in total. The third kappa shape index (κ3) is 0.761. The van der Waals surface area contributed by atoms with E-state index < -0.39 is 0 Å². The molecular formula is C9H7N3O2. The maximum absolute atomic E-state index is 9.52. The topological polar surface area (TPSA) is 77.5 Å². The number of phenolic OH excluding ortho intramolecular Hbond substituents is 2. The van der Waals surface area contributed by atoms with E-state index in [1.165, 1.54) is 6.07 Å². The molecule has 0 radical (unpaired) electrons. The van der Waals surface area contributed by atoms with Crippen LogP contribution in [-0.2, 0) is 0 Å². The summed E-state index contributed by atoms with van der Waals surface area (Å²) >= 11 is 0. The molecule has 1 aromatic carbocycles. The molecule has 0 unspecified atom stereocenters. The molecule has 5 nitrogen and oxygen atoms in total. The molecule has 0 atom stereocenters. The molecule has 70 valence electrons. The van der Waals surface area contributed by atoms with Gasteiger partial charge in [0.2, 0.25) is 0 Å². The molecule has 2 aliphatic rings. The summed E-state index contributed by atoms with van der Waals surface area (Å²) in [5.41, 5.74) is 1.19. The predicted octanol–water partition coefficient (Wildman–Crippen LogP) is 0.327. The number of nitrogens with zero attached hydrogens (tertiary/aromatic N) is 3. The second-order valence-corrected chi connectivity index (χ2v) is 3.27. The van der Waals surface area contributed by atoms with Gasteiger partial charge >= 0.3 is 0 Å². The van der Waals surface area contributed by atoms with Crippen LogP contribution in [0.4, 0.5) is 5.69 Å². The molecule has 0 saturated heterocycles. The molecule has 14 heavy (non-hydrogen) atoms. The van der Waals surface area contributed by atoms with E-state index in [1.807, 2.05) is 0 Å². The second-order valence-electron chi connectivity index (χ2n) is 3.27. The highest BCUT2D eigenvalue weighted by Crippen LogP contribution is 2.34. The molecular weight excluding hydrogens is 182 g/mol. The zero-order chi connectivity index (χ0) is 9.71. The lowest BCUT2D eigenvalue weighted by Crippen LogP contribution is -2.29. The molecule has 0 bridgehead atoms. The Kier molecular flexibility index (Phi) is 1.24. The molecule has 0 amide bonds. The zero-order valence-corrected chi connectivity index (χ0v) is 7.23. The first-order chi connectivity index (χ1) is 6.77. The van der Waals surface area contributed by atoms with E-state index in [4.69, 9.17) is 0 Å². The third-order valence-electron chi connectivity index (χ3n) is 2.42. The number of rotatable bonds is 0. The maximum Gasteiger partial charge on any atom is 0.186 e. The number of phenols is 2. The van der Waals surface area contributed by atoms with Crippen molar-refractivity contribution in [3.63, 3.8) is 0 Å². The Balaban J connectivity index is 2.59. The van der Waals surface area contributed by atoms with E-state index >= 15 is 0 Å². The average Bonchev–Trinajstić information content (AvgIpc) is 2.60. The number of aromatic hydroxyl groups is 2. The van der Waals surface area contributed by atoms with Crippen molar-refractivity contribution in [1.82, 2.24) is 0 Å². The molecule has 2 aliphatic heterocycles. The van der Waals surface area contributed by atoms with E-state index in [0.29, 0.717) is 17.6 Å². The lowest BCUT2D eigenvalue weighted by molar-refractivity contribution is 0.404. The quantitative estimate of drug-likeness (QED) is 0.577. The number of benzene rings is 1. The first-order valence-electron chi connectivity index (χ1n) is 4.32. The van der Waals surface area contributed by atoms with Gasteiger partial charge in [0.25, 0.3) is 0 Å². The molecule has 0 aromatic heterocycles. The normalized spacial score (nSPS) is 16.7. The van der Waals surface area contributed by atoms with E-state index in [1.54, 1.807) is 0 Å². The van der Waals surface area contributed by atoms with Gasteiger partial charge in [0.1, 0.15) is 5.69 Å². The maximum atomic E-state index is 9.52. The van der Waals surface area contributed by atoms with Gasteiger partial charge in [-0.05, 0) is 0 Å². The van der Waals surface area contributed by atoms with Crippen LogP contribution in [0.3, 0.4) is 0 Å². The van der Waals surface area contributed by atoms with Gasteiger partial charge in [-0.25, -0.2) is 0 Å². The smallest absolute Gasteiger partial charge is 0.186 e. The van der Waals surface area contributed by atoms with Gasteiger partial charge in [-0.2, -0.15) is 5.11 Å². The number of hydrogen-bond donors (Lipinski definition) is 2. The van der Waals surface area contributed by atoms with Crippen molar-refractivity contribution in [3.05, 3.63) is 16.6 Å². The summed E-state index contributed by atoms with van der Waals surface area (Å²) in [7, 11) is 0. The van der Waals surface area contributed by atoms with Gasteiger partial charge in [-0.3, -0.25) is 4.99 Å². The van der Waals surface area contributed by atoms with Crippen molar-refractivity contribution in [1.29, 1.82) is 0 Å². The predicted molar refractivity (Wildman–Crippen MR) is 48.0 cm³/mol. The second kappa shape index (κ2) is 2.31. The first-order valence-corrected chi connectivity index (χ1v) is 4.32. The van der Waals surface area contributed by atoms with Crippen LogP contribution in [0.15, 0.2) is 21.3 Å². The summed E-state index contributed by atoms with van der Waals surface area (Å²) in [5, 5.41) is 28.1. The zero-order valence-electron chi connectivity index (χ0n) is 7.23. The fourth-order valence-electron chi connectivity index (χ4n) is 1.76. The molecule has 2 heterocycles. The first kappa shape index (κ1) is 7.49. The molecule has 5 heteroatoms. The van der Waals surface area contributed by atoms with Gasteiger partial charge < -0.3 is 10.2 Å². The number of hydrogen-bond acceptors (Lipinski definition) is 5. The molecule has 0 fully saturated rings. The van der Waals surface area contributed by atoms with Gasteiger partial charge in [0.05, 0.1) is 16.3 Å². The van der Waals surface area contributed by atoms with Gasteiger partial charge in [0, 0.05) is 19.0 Å². The van der Waals surface area contributed by atoms with Gasteiger partial charge in [0.15, 0.2) is 11.5 Å². The summed E-state index contributed by atoms with van der Waals surface area (Å²) in [5.74, 6) is -0.399. The van der Waals surface area contributed by atoms with Crippen molar-refractivity contribution in [2.75, 3.05) is 6.54 Å². The van der Waals surface area contributed by atoms with Crippen LogP contribution in [0.1, 0.15) is 6.42 Å². The van der Waals surface area contributed by atoms with Crippen LogP contribution < -0.4 is 10.6 Å². The fourth-order valence-corrected chi connectivity index (χ4v) is 1.76. The van der Waals surface area contributed by atoms with Crippen LogP contribution >= 0.6 is 0 Å². The van der Waals surface area contributed by atoms with E-state index in [0.717, 1.165) is 17.3 Å². The van der Waals surface area contributed by atoms with Crippen molar-refractivity contribution >= 4 is 11.4 Å². The summed E-state index contributed by atoms with van der Waals surface area (Å²) in [6.45, 7) is 0.658. The molecule has 0 aliphatic carbocycles. The SMILES string of the molecule is Oc1cc2c3c(c1O)N=NC=3CCN=2. The Hall–Kier alpha value is -1.91. The molecule has 0 spiro atoms. The lowest BCUT2D eigenvalue weighted by atomic mass is 10.1. The lowest BCUT2D eigenvalue weighted by Gasteiger charge is -2.04. The van der Waals surface area contributed by atoms with Crippen LogP contribution in [0, 0.1) is 0 Å². The average molecular weight is 189 g/mol. The van der Waals surface area contributed by atoms with E-state index in [-0.39, 0.29) is 11.5 Å². The molecule has 3 rings (SSSR count). The van der Waals surface area contributed by atoms with Crippen molar-refractivity contribution in [2.24, 2.45) is 15.2 Å². The van der Waals surface area contributed by atoms with E-state index in [9.17, 15) is 10.2 Å². The third-order valence-corrected chi connectivity index (χ3v) is 2.42. The van der Waals surface area contributed by atoms with Crippen LogP contribution in [0.25, 0.3) is 5.70 Å². The monoisotopic (exact) mass is 189 g/mol. The van der Waals surface area contributed by atoms with Crippen molar-refractivity contribution in [3.8, 4) is 11.5 Å².